The Bertz CT molecular complexity index is 923. The minimum Gasteiger partial charge on any atom is -0.352 e. The maximum absolute atomic E-state index is 11.6. The van der Waals surface area contributed by atoms with Crippen molar-refractivity contribution in [1.82, 2.24) is 15.1 Å². The van der Waals surface area contributed by atoms with Crippen LogP contribution >= 0.6 is 0 Å². The van der Waals surface area contributed by atoms with E-state index in [0.717, 1.165) is 50.5 Å². The molecule has 3 rings (SSSR count). The fourth-order valence-electron chi connectivity index (χ4n) is 3.44. The van der Waals surface area contributed by atoms with Gasteiger partial charge in [0.2, 0.25) is 10.0 Å². The number of rotatable bonds is 6. The van der Waals surface area contributed by atoms with Crippen LogP contribution in [0.25, 0.3) is 0 Å². The van der Waals surface area contributed by atoms with E-state index in [1.165, 1.54) is 5.56 Å². The Morgan fingerprint density at radius 2 is 1.66 bits per heavy atom. The fraction of sp³-hybridized carbons (Fsp3) is 0.381. The average molecular weight is 416 g/mol. The third kappa shape index (κ3) is 6.47. The molecule has 0 atom stereocenters. The molecule has 0 radical (unpaired) electrons. The zero-order chi connectivity index (χ0) is 20.7. The van der Waals surface area contributed by atoms with Crippen LogP contribution in [0.1, 0.15) is 11.1 Å². The van der Waals surface area contributed by atoms with Crippen LogP contribution in [0.15, 0.2) is 59.6 Å². The van der Waals surface area contributed by atoms with E-state index in [1.54, 1.807) is 13.1 Å². The summed E-state index contributed by atoms with van der Waals surface area (Å²) in [5, 5.41) is 3.37. The summed E-state index contributed by atoms with van der Waals surface area (Å²) in [6, 6.07) is 17.9. The standard InChI is InChI=1S/C21H29N5O2S/c1-22-21(23-16-19-10-6-7-11-20(19)24-29(2,27)28)26-14-12-25(13-15-26)17-18-8-4-3-5-9-18/h3-11,24H,12-17H2,1-2H3,(H,22,23). The number of aliphatic imine (C=N–C) groups is 1. The second kappa shape index (κ2) is 9.76. The van der Waals surface area contributed by atoms with Gasteiger partial charge in [-0.05, 0) is 17.2 Å². The molecule has 1 aliphatic heterocycles. The molecule has 2 N–H and O–H groups in total. The molecule has 0 spiro atoms. The first-order valence-corrected chi connectivity index (χ1v) is 11.6. The first-order valence-electron chi connectivity index (χ1n) is 9.72. The van der Waals surface area contributed by atoms with Gasteiger partial charge in [-0.1, -0.05) is 48.5 Å². The number of nitrogens with one attached hydrogen (secondary N) is 2. The SMILES string of the molecule is CN=C(NCc1ccccc1NS(C)(=O)=O)N1CCN(Cc2ccccc2)CC1. The Morgan fingerprint density at radius 1 is 1.00 bits per heavy atom. The van der Waals surface area contributed by atoms with Crippen molar-refractivity contribution < 1.29 is 8.42 Å². The summed E-state index contributed by atoms with van der Waals surface area (Å²) in [4.78, 5) is 9.11. The number of hydrogen-bond donors (Lipinski definition) is 2. The lowest BCUT2D eigenvalue weighted by Gasteiger charge is -2.36. The maximum Gasteiger partial charge on any atom is 0.229 e. The summed E-state index contributed by atoms with van der Waals surface area (Å²) in [5.41, 5.74) is 2.80. The number of anilines is 1. The van der Waals surface area contributed by atoms with E-state index >= 15 is 0 Å². The normalized spacial score (nSPS) is 15.9. The van der Waals surface area contributed by atoms with Crippen LogP contribution in [-0.4, -0.2) is 63.7 Å². The van der Waals surface area contributed by atoms with Gasteiger partial charge in [-0.2, -0.15) is 0 Å². The van der Waals surface area contributed by atoms with E-state index < -0.39 is 10.0 Å². The number of sulfonamides is 1. The molecule has 156 valence electrons. The van der Waals surface area contributed by atoms with E-state index in [1.807, 2.05) is 24.3 Å². The molecule has 0 unspecified atom stereocenters. The van der Waals surface area contributed by atoms with Crippen LogP contribution < -0.4 is 10.0 Å². The van der Waals surface area contributed by atoms with Gasteiger partial charge in [0.15, 0.2) is 5.96 Å². The van der Waals surface area contributed by atoms with Crippen molar-refractivity contribution in [1.29, 1.82) is 0 Å². The minimum absolute atomic E-state index is 0.496. The Morgan fingerprint density at radius 3 is 2.31 bits per heavy atom. The molecule has 0 aliphatic carbocycles. The van der Waals surface area contributed by atoms with Crippen molar-refractivity contribution in [2.45, 2.75) is 13.1 Å². The second-order valence-corrected chi connectivity index (χ2v) is 8.93. The van der Waals surface area contributed by atoms with E-state index in [9.17, 15) is 8.42 Å². The number of piperazine rings is 1. The molecule has 2 aromatic carbocycles. The Hall–Kier alpha value is -2.58. The lowest BCUT2D eigenvalue weighted by Crippen LogP contribution is -2.52. The van der Waals surface area contributed by atoms with Crippen LogP contribution in [0.3, 0.4) is 0 Å². The predicted octanol–water partition coefficient (Wildman–Crippen LogP) is 1.95. The quantitative estimate of drug-likeness (QED) is 0.557. The van der Waals surface area contributed by atoms with Crippen molar-refractivity contribution in [3.05, 3.63) is 65.7 Å². The van der Waals surface area contributed by atoms with E-state index in [0.29, 0.717) is 12.2 Å². The highest BCUT2D eigenvalue weighted by atomic mass is 32.2. The Kier molecular flexibility index (Phi) is 7.11. The summed E-state index contributed by atoms with van der Waals surface area (Å²) in [7, 11) is -1.54. The first kappa shape index (κ1) is 21.1. The van der Waals surface area contributed by atoms with Crippen molar-refractivity contribution in [3.8, 4) is 0 Å². The van der Waals surface area contributed by atoms with Crippen molar-refractivity contribution >= 4 is 21.7 Å². The molecule has 0 saturated carbocycles. The number of hydrogen-bond acceptors (Lipinski definition) is 4. The zero-order valence-electron chi connectivity index (χ0n) is 17.0. The van der Waals surface area contributed by atoms with Gasteiger partial charge in [-0.3, -0.25) is 14.6 Å². The van der Waals surface area contributed by atoms with Gasteiger partial charge >= 0.3 is 0 Å². The smallest absolute Gasteiger partial charge is 0.229 e. The van der Waals surface area contributed by atoms with Crippen molar-refractivity contribution in [3.63, 3.8) is 0 Å². The first-order chi connectivity index (χ1) is 13.9. The number of benzene rings is 2. The molecule has 0 bridgehead atoms. The van der Waals surface area contributed by atoms with Crippen LogP contribution in [0.4, 0.5) is 5.69 Å². The largest absolute Gasteiger partial charge is 0.352 e. The molecule has 1 heterocycles. The highest BCUT2D eigenvalue weighted by Gasteiger charge is 2.19. The predicted molar refractivity (Wildman–Crippen MR) is 118 cm³/mol. The summed E-state index contributed by atoms with van der Waals surface area (Å²) >= 11 is 0. The lowest BCUT2D eigenvalue weighted by molar-refractivity contribution is 0.172. The molecule has 8 heteroatoms. The number of para-hydroxylation sites is 1. The molecule has 2 aromatic rings. The third-order valence-electron chi connectivity index (χ3n) is 4.88. The highest BCUT2D eigenvalue weighted by Crippen LogP contribution is 2.16. The summed E-state index contributed by atoms with van der Waals surface area (Å²) in [6.07, 6.45) is 1.16. The van der Waals surface area contributed by atoms with E-state index in [2.05, 4.69) is 49.1 Å². The van der Waals surface area contributed by atoms with Crippen LogP contribution in [-0.2, 0) is 23.1 Å². The van der Waals surface area contributed by atoms with E-state index in [-0.39, 0.29) is 0 Å². The van der Waals surface area contributed by atoms with Gasteiger partial charge in [-0.15, -0.1) is 0 Å². The molecule has 1 fully saturated rings. The van der Waals surface area contributed by atoms with Gasteiger partial charge in [0.05, 0.1) is 11.9 Å². The molecule has 1 saturated heterocycles. The minimum atomic E-state index is -3.32. The van der Waals surface area contributed by atoms with Gasteiger partial charge < -0.3 is 10.2 Å². The number of nitrogens with zero attached hydrogens (tertiary/aromatic N) is 3. The van der Waals surface area contributed by atoms with E-state index in [4.69, 9.17) is 0 Å². The van der Waals surface area contributed by atoms with Crippen molar-refractivity contribution in [2.75, 3.05) is 44.2 Å². The molecular weight excluding hydrogens is 386 g/mol. The Labute approximate surface area is 173 Å². The monoisotopic (exact) mass is 415 g/mol. The second-order valence-electron chi connectivity index (χ2n) is 7.18. The fourth-order valence-corrected chi connectivity index (χ4v) is 4.04. The molecule has 29 heavy (non-hydrogen) atoms. The molecule has 1 aliphatic rings. The molecule has 0 amide bonds. The summed E-state index contributed by atoms with van der Waals surface area (Å²) in [6.45, 7) is 5.20. The lowest BCUT2D eigenvalue weighted by atomic mass is 10.2. The van der Waals surface area contributed by atoms with Crippen LogP contribution in [0, 0.1) is 0 Å². The van der Waals surface area contributed by atoms with Gasteiger partial charge in [0.1, 0.15) is 0 Å². The molecule has 7 nitrogen and oxygen atoms in total. The van der Waals surface area contributed by atoms with Crippen molar-refractivity contribution in [2.24, 2.45) is 4.99 Å². The Balaban J connectivity index is 1.54. The summed E-state index contributed by atoms with van der Waals surface area (Å²) < 4.78 is 25.7. The van der Waals surface area contributed by atoms with Gasteiger partial charge in [-0.25, -0.2) is 8.42 Å². The molecule has 0 aromatic heterocycles. The van der Waals surface area contributed by atoms with Crippen LogP contribution in [0.5, 0.6) is 0 Å². The number of guanidine groups is 1. The zero-order valence-corrected chi connectivity index (χ0v) is 17.8. The van der Waals surface area contributed by atoms with Gasteiger partial charge in [0, 0.05) is 46.3 Å². The third-order valence-corrected chi connectivity index (χ3v) is 5.47. The highest BCUT2D eigenvalue weighted by molar-refractivity contribution is 7.92. The van der Waals surface area contributed by atoms with Gasteiger partial charge in [0.25, 0.3) is 0 Å². The average Bonchev–Trinajstić information content (AvgIpc) is 2.70. The molecular formula is C21H29N5O2S. The summed E-state index contributed by atoms with van der Waals surface area (Å²) in [5.74, 6) is 0.832. The van der Waals surface area contributed by atoms with Crippen LogP contribution in [0.2, 0.25) is 0 Å². The maximum atomic E-state index is 11.6. The topological polar surface area (TPSA) is 77.0 Å².